The van der Waals surface area contributed by atoms with Crippen LogP contribution in [0.2, 0.25) is 0 Å². The molecule has 0 saturated heterocycles. The van der Waals surface area contributed by atoms with Crippen molar-refractivity contribution in [3.8, 4) is 22.5 Å². The summed E-state index contributed by atoms with van der Waals surface area (Å²) in [7, 11) is 0. The topological polar surface area (TPSA) is 21.1 Å². The maximum Gasteiger partial charge on any atom is 0.171 e. The second-order valence-corrected chi connectivity index (χ2v) is 7.33. The molecular formula is C21H23N3S. The third-order valence-electron chi connectivity index (χ3n) is 4.57. The Morgan fingerprint density at radius 1 is 0.960 bits per heavy atom. The van der Waals surface area contributed by atoms with E-state index in [9.17, 15) is 0 Å². The minimum Gasteiger partial charge on any atom is -0.305 e. The van der Waals surface area contributed by atoms with Gasteiger partial charge in [0.2, 0.25) is 0 Å². The average molecular weight is 350 g/mol. The predicted molar refractivity (Wildman–Crippen MR) is 105 cm³/mol. The van der Waals surface area contributed by atoms with Gasteiger partial charge in [0, 0.05) is 17.7 Å². The number of benzene rings is 2. The van der Waals surface area contributed by atoms with Crippen molar-refractivity contribution in [3.05, 3.63) is 60.7 Å². The highest BCUT2D eigenvalue weighted by Gasteiger charge is 2.25. The average Bonchev–Trinajstić information content (AvgIpc) is 3.06. The molecule has 0 aliphatic carbocycles. The Balaban J connectivity index is 1.80. The number of nitrogens with zero attached hydrogens (tertiary/aromatic N) is 3. The smallest absolute Gasteiger partial charge is 0.171 e. The van der Waals surface area contributed by atoms with Crippen LogP contribution in [0.5, 0.6) is 0 Å². The van der Waals surface area contributed by atoms with E-state index >= 15 is 0 Å². The molecule has 0 N–H and O–H groups in total. The molecule has 0 spiro atoms. The SMILES string of the molecule is CCCCN1CSc2nc(-c3ccccc3)c(-c3ccccc3)n2C1. The number of hydrogen-bond donors (Lipinski definition) is 0. The van der Waals surface area contributed by atoms with Crippen LogP contribution in [0.4, 0.5) is 0 Å². The molecule has 2 heterocycles. The Kier molecular flexibility index (Phi) is 4.90. The van der Waals surface area contributed by atoms with E-state index in [2.05, 4.69) is 77.1 Å². The van der Waals surface area contributed by atoms with Gasteiger partial charge >= 0.3 is 0 Å². The van der Waals surface area contributed by atoms with Crippen molar-refractivity contribution in [3.63, 3.8) is 0 Å². The van der Waals surface area contributed by atoms with Gasteiger partial charge in [0.15, 0.2) is 5.16 Å². The number of thioether (sulfide) groups is 1. The fraction of sp³-hybridized carbons (Fsp3) is 0.286. The lowest BCUT2D eigenvalue weighted by Crippen LogP contribution is -2.31. The third-order valence-corrected chi connectivity index (χ3v) is 5.64. The summed E-state index contributed by atoms with van der Waals surface area (Å²) in [5.74, 6) is 1.03. The van der Waals surface area contributed by atoms with Gasteiger partial charge in [-0.1, -0.05) is 85.8 Å². The normalized spacial score (nSPS) is 14.4. The molecule has 3 aromatic rings. The summed E-state index contributed by atoms with van der Waals surface area (Å²) in [4.78, 5) is 7.53. The molecule has 1 aromatic heterocycles. The summed E-state index contributed by atoms with van der Waals surface area (Å²) < 4.78 is 2.39. The lowest BCUT2D eigenvalue weighted by Gasteiger charge is -2.28. The maximum atomic E-state index is 5.01. The third kappa shape index (κ3) is 3.37. The fourth-order valence-corrected chi connectivity index (χ4v) is 4.24. The van der Waals surface area contributed by atoms with Crippen molar-refractivity contribution >= 4 is 11.8 Å². The first kappa shape index (κ1) is 16.4. The molecule has 0 saturated carbocycles. The van der Waals surface area contributed by atoms with E-state index in [1.54, 1.807) is 0 Å². The first-order valence-electron chi connectivity index (χ1n) is 8.93. The van der Waals surface area contributed by atoms with Crippen LogP contribution in [0.25, 0.3) is 22.5 Å². The minimum atomic E-state index is 0.923. The lowest BCUT2D eigenvalue weighted by molar-refractivity contribution is 0.236. The largest absolute Gasteiger partial charge is 0.305 e. The van der Waals surface area contributed by atoms with Gasteiger partial charge in [0.1, 0.15) is 0 Å². The molecule has 2 aromatic carbocycles. The monoisotopic (exact) mass is 349 g/mol. The summed E-state index contributed by atoms with van der Waals surface area (Å²) >= 11 is 1.85. The van der Waals surface area contributed by atoms with Crippen LogP contribution in [0.3, 0.4) is 0 Å². The zero-order valence-corrected chi connectivity index (χ0v) is 15.4. The molecule has 3 nitrogen and oxygen atoms in total. The first-order chi connectivity index (χ1) is 12.4. The Hall–Kier alpha value is -2.04. The summed E-state index contributed by atoms with van der Waals surface area (Å²) in [5, 5.41) is 1.13. The highest BCUT2D eigenvalue weighted by Crippen LogP contribution is 2.38. The fourth-order valence-electron chi connectivity index (χ4n) is 3.27. The molecule has 0 bridgehead atoms. The van der Waals surface area contributed by atoms with Crippen LogP contribution < -0.4 is 0 Å². The van der Waals surface area contributed by atoms with Crippen molar-refractivity contribution in [2.75, 3.05) is 12.4 Å². The van der Waals surface area contributed by atoms with Crippen LogP contribution in [0, 0.1) is 0 Å². The number of unbranched alkanes of at least 4 members (excludes halogenated alkanes) is 1. The molecule has 128 valence electrons. The molecule has 1 aliphatic heterocycles. The molecule has 0 unspecified atom stereocenters. The molecule has 1 aliphatic rings. The highest BCUT2D eigenvalue weighted by atomic mass is 32.2. The molecule has 0 fully saturated rings. The molecule has 0 atom stereocenters. The van der Waals surface area contributed by atoms with Gasteiger partial charge in [-0.05, 0) is 6.42 Å². The Morgan fingerprint density at radius 2 is 1.64 bits per heavy atom. The van der Waals surface area contributed by atoms with Gasteiger partial charge in [-0.15, -0.1) is 0 Å². The predicted octanol–water partition coefficient (Wildman–Crippen LogP) is 5.34. The van der Waals surface area contributed by atoms with Crippen LogP contribution in [0.15, 0.2) is 65.8 Å². The Labute approximate surface area is 153 Å². The number of rotatable bonds is 5. The maximum absolute atomic E-state index is 5.01. The summed E-state index contributed by atoms with van der Waals surface area (Å²) in [6, 6.07) is 21.2. The summed E-state index contributed by atoms with van der Waals surface area (Å²) in [6.45, 7) is 4.32. The van der Waals surface area contributed by atoms with Crippen molar-refractivity contribution in [2.24, 2.45) is 0 Å². The van der Waals surface area contributed by atoms with Crippen molar-refractivity contribution in [1.29, 1.82) is 0 Å². The Morgan fingerprint density at radius 3 is 2.32 bits per heavy atom. The molecule has 4 rings (SSSR count). The second-order valence-electron chi connectivity index (χ2n) is 6.41. The molecule has 0 radical (unpaired) electrons. The molecule has 25 heavy (non-hydrogen) atoms. The van der Waals surface area contributed by atoms with Gasteiger partial charge in [0.05, 0.1) is 23.9 Å². The molecule has 0 amide bonds. The number of fused-ring (bicyclic) bond motifs is 1. The van der Waals surface area contributed by atoms with Gasteiger partial charge in [-0.3, -0.25) is 4.90 Å². The zero-order chi connectivity index (χ0) is 17.1. The van der Waals surface area contributed by atoms with E-state index in [-0.39, 0.29) is 0 Å². The number of hydrogen-bond acceptors (Lipinski definition) is 3. The van der Waals surface area contributed by atoms with Crippen LogP contribution in [0.1, 0.15) is 19.8 Å². The molecule has 4 heteroatoms. The van der Waals surface area contributed by atoms with Crippen molar-refractivity contribution in [2.45, 2.75) is 31.6 Å². The van der Waals surface area contributed by atoms with E-state index in [0.717, 1.165) is 29.9 Å². The highest BCUT2D eigenvalue weighted by molar-refractivity contribution is 7.99. The van der Waals surface area contributed by atoms with Crippen LogP contribution in [-0.4, -0.2) is 26.9 Å². The van der Waals surface area contributed by atoms with E-state index in [1.165, 1.54) is 29.7 Å². The summed E-state index contributed by atoms with van der Waals surface area (Å²) in [6.07, 6.45) is 2.48. The van der Waals surface area contributed by atoms with Crippen molar-refractivity contribution < 1.29 is 0 Å². The van der Waals surface area contributed by atoms with Gasteiger partial charge in [0.25, 0.3) is 0 Å². The van der Waals surface area contributed by atoms with E-state index < -0.39 is 0 Å². The van der Waals surface area contributed by atoms with Crippen LogP contribution in [-0.2, 0) is 6.67 Å². The van der Waals surface area contributed by atoms with Crippen LogP contribution >= 0.6 is 11.8 Å². The molecular weight excluding hydrogens is 326 g/mol. The number of aromatic nitrogens is 2. The van der Waals surface area contributed by atoms with E-state index in [4.69, 9.17) is 4.98 Å². The van der Waals surface area contributed by atoms with E-state index in [0.29, 0.717) is 0 Å². The quantitative estimate of drug-likeness (QED) is 0.620. The van der Waals surface area contributed by atoms with Crippen molar-refractivity contribution in [1.82, 2.24) is 14.5 Å². The van der Waals surface area contributed by atoms with Gasteiger partial charge < -0.3 is 4.57 Å². The summed E-state index contributed by atoms with van der Waals surface area (Å²) in [5.41, 5.74) is 4.74. The number of imidazole rings is 1. The standard InChI is InChI=1S/C21H23N3S/c1-2-3-14-23-15-24-20(18-12-8-5-9-13-18)19(22-21(24)25-16-23)17-10-6-4-7-11-17/h4-13H,2-3,14-16H2,1H3. The van der Waals surface area contributed by atoms with Gasteiger partial charge in [-0.2, -0.15) is 0 Å². The second kappa shape index (κ2) is 7.46. The lowest BCUT2D eigenvalue weighted by atomic mass is 10.0. The van der Waals surface area contributed by atoms with E-state index in [1.807, 2.05) is 11.8 Å². The minimum absolute atomic E-state index is 0.923. The first-order valence-corrected chi connectivity index (χ1v) is 9.92. The van der Waals surface area contributed by atoms with Gasteiger partial charge in [-0.25, -0.2) is 4.98 Å². The Bertz CT molecular complexity index is 827. The zero-order valence-electron chi connectivity index (χ0n) is 14.6.